The summed E-state index contributed by atoms with van der Waals surface area (Å²) in [6.07, 6.45) is 9.50. The minimum absolute atomic E-state index is 0.0882. The van der Waals surface area contributed by atoms with E-state index in [0.29, 0.717) is 39.0 Å². The fourth-order valence-electron chi connectivity index (χ4n) is 2.49. The summed E-state index contributed by atoms with van der Waals surface area (Å²) in [6, 6.07) is 0. The molecule has 0 heterocycles. The Bertz CT molecular complexity index is 275. The van der Waals surface area contributed by atoms with Crippen molar-refractivity contribution in [3.8, 4) is 0 Å². The zero-order valence-corrected chi connectivity index (χ0v) is 15.6. The van der Waals surface area contributed by atoms with E-state index in [9.17, 15) is 0 Å². The summed E-state index contributed by atoms with van der Waals surface area (Å²) < 4.78 is 17.5. The van der Waals surface area contributed by atoms with Crippen LogP contribution in [0.3, 0.4) is 0 Å². The molecule has 23 heavy (non-hydrogen) atoms. The first-order valence-electron chi connectivity index (χ1n) is 9.13. The van der Waals surface area contributed by atoms with E-state index in [2.05, 4.69) is 33.9 Å². The van der Waals surface area contributed by atoms with Gasteiger partial charge in [0.15, 0.2) is 0 Å². The van der Waals surface area contributed by atoms with Crippen LogP contribution >= 0.6 is 0 Å². The minimum Gasteiger partial charge on any atom is -0.380 e. The van der Waals surface area contributed by atoms with Crippen molar-refractivity contribution in [2.24, 2.45) is 11.3 Å². The van der Waals surface area contributed by atoms with Crippen LogP contribution in [0.1, 0.15) is 52.9 Å². The summed E-state index contributed by atoms with van der Waals surface area (Å²) in [7, 11) is 0. The molecule has 0 aromatic carbocycles. The van der Waals surface area contributed by atoms with E-state index in [4.69, 9.17) is 14.2 Å². The van der Waals surface area contributed by atoms with E-state index >= 15 is 0 Å². The highest BCUT2D eigenvalue weighted by Gasteiger charge is 2.30. The van der Waals surface area contributed by atoms with Crippen LogP contribution < -0.4 is 0 Å². The van der Waals surface area contributed by atoms with Crippen molar-refractivity contribution in [2.75, 3.05) is 39.6 Å². The number of hydrogen-bond acceptors (Lipinski definition) is 3. The first-order chi connectivity index (χ1) is 11.2. The summed E-state index contributed by atoms with van der Waals surface area (Å²) in [5, 5.41) is 0. The Balaban J connectivity index is 4.45. The summed E-state index contributed by atoms with van der Waals surface area (Å²) in [6.45, 7) is 18.0. The van der Waals surface area contributed by atoms with E-state index in [-0.39, 0.29) is 5.41 Å². The standard InChI is InChI=1S/C20H38O3/c1-6-11-12-19(9-4)15-23-18-20(10-5,16-21-13-7-2)17-22-14-8-3/h7-8,19H,2-3,6,9-18H2,1,4-5H3. The van der Waals surface area contributed by atoms with Crippen LogP contribution in [0, 0.1) is 11.3 Å². The largest absolute Gasteiger partial charge is 0.380 e. The Kier molecular flexibility index (Phi) is 14.5. The van der Waals surface area contributed by atoms with Gasteiger partial charge in [-0.15, -0.1) is 13.2 Å². The van der Waals surface area contributed by atoms with Gasteiger partial charge < -0.3 is 14.2 Å². The van der Waals surface area contributed by atoms with Crippen LogP contribution in [0.5, 0.6) is 0 Å². The van der Waals surface area contributed by atoms with Crippen molar-refractivity contribution in [1.29, 1.82) is 0 Å². The second-order valence-electron chi connectivity index (χ2n) is 6.39. The van der Waals surface area contributed by atoms with Crippen LogP contribution in [-0.2, 0) is 14.2 Å². The molecule has 1 atom stereocenters. The highest BCUT2D eigenvalue weighted by atomic mass is 16.5. The molecule has 0 radical (unpaired) electrons. The molecule has 0 aliphatic carbocycles. The summed E-state index contributed by atoms with van der Waals surface area (Å²) in [5.41, 5.74) is -0.0882. The molecule has 0 aliphatic heterocycles. The summed E-state index contributed by atoms with van der Waals surface area (Å²) >= 11 is 0. The lowest BCUT2D eigenvalue weighted by Crippen LogP contribution is -2.37. The topological polar surface area (TPSA) is 27.7 Å². The predicted molar refractivity (Wildman–Crippen MR) is 98.9 cm³/mol. The van der Waals surface area contributed by atoms with E-state index in [0.717, 1.165) is 13.0 Å². The molecule has 3 nitrogen and oxygen atoms in total. The first kappa shape index (κ1) is 22.4. The Morgan fingerprint density at radius 1 is 0.913 bits per heavy atom. The lowest BCUT2D eigenvalue weighted by atomic mass is 9.88. The molecule has 1 unspecified atom stereocenters. The minimum atomic E-state index is -0.0882. The lowest BCUT2D eigenvalue weighted by molar-refractivity contribution is -0.0692. The number of hydrogen-bond donors (Lipinski definition) is 0. The second kappa shape index (κ2) is 14.9. The maximum absolute atomic E-state index is 6.09. The highest BCUT2D eigenvalue weighted by Crippen LogP contribution is 2.25. The molecule has 0 aliphatic rings. The number of ether oxygens (including phenoxy) is 3. The van der Waals surface area contributed by atoms with Gasteiger partial charge in [0.1, 0.15) is 0 Å². The fourth-order valence-corrected chi connectivity index (χ4v) is 2.49. The second-order valence-corrected chi connectivity index (χ2v) is 6.39. The van der Waals surface area contributed by atoms with Crippen LogP contribution in [-0.4, -0.2) is 39.6 Å². The zero-order valence-electron chi connectivity index (χ0n) is 15.6. The van der Waals surface area contributed by atoms with Gasteiger partial charge in [-0.3, -0.25) is 0 Å². The van der Waals surface area contributed by atoms with E-state index < -0.39 is 0 Å². The number of rotatable bonds is 17. The molecule has 3 heteroatoms. The van der Waals surface area contributed by atoms with Gasteiger partial charge in [0.2, 0.25) is 0 Å². The van der Waals surface area contributed by atoms with Gasteiger partial charge >= 0.3 is 0 Å². The van der Waals surface area contributed by atoms with Crippen molar-refractivity contribution < 1.29 is 14.2 Å². The van der Waals surface area contributed by atoms with Crippen molar-refractivity contribution >= 4 is 0 Å². The van der Waals surface area contributed by atoms with Gasteiger partial charge in [0.05, 0.1) is 33.0 Å². The molecule has 136 valence electrons. The highest BCUT2D eigenvalue weighted by molar-refractivity contribution is 4.80. The molecule has 0 amide bonds. The molecule has 0 spiro atoms. The van der Waals surface area contributed by atoms with Crippen molar-refractivity contribution in [3.05, 3.63) is 25.3 Å². The van der Waals surface area contributed by atoms with Crippen LogP contribution in [0.2, 0.25) is 0 Å². The average molecular weight is 327 g/mol. The Hall–Kier alpha value is -0.640. The molecule has 0 fully saturated rings. The normalized spacial score (nSPS) is 13.0. The van der Waals surface area contributed by atoms with Gasteiger partial charge in [-0.05, 0) is 18.8 Å². The van der Waals surface area contributed by atoms with Gasteiger partial charge in [-0.1, -0.05) is 52.2 Å². The van der Waals surface area contributed by atoms with Gasteiger partial charge in [0.25, 0.3) is 0 Å². The third-order valence-corrected chi connectivity index (χ3v) is 4.34. The third-order valence-electron chi connectivity index (χ3n) is 4.34. The number of unbranched alkanes of at least 4 members (excludes halogenated alkanes) is 1. The van der Waals surface area contributed by atoms with E-state index in [1.807, 2.05) is 0 Å². The van der Waals surface area contributed by atoms with Crippen LogP contribution in [0.25, 0.3) is 0 Å². The van der Waals surface area contributed by atoms with Gasteiger partial charge in [-0.25, -0.2) is 0 Å². The molecule has 0 aromatic rings. The molecule has 0 saturated heterocycles. The Morgan fingerprint density at radius 2 is 1.48 bits per heavy atom. The quantitative estimate of drug-likeness (QED) is 0.277. The smallest absolute Gasteiger partial charge is 0.0645 e. The van der Waals surface area contributed by atoms with Crippen molar-refractivity contribution in [2.45, 2.75) is 52.9 Å². The maximum Gasteiger partial charge on any atom is 0.0645 e. The molecule has 0 rings (SSSR count). The molecular formula is C20H38O3. The molecule has 0 bridgehead atoms. The summed E-state index contributed by atoms with van der Waals surface area (Å²) in [5.74, 6) is 0.660. The zero-order chi connectivity index (χ0) is 17.4. The van der Waals surface area contributed by atoms with Crippen LogP contribution in [0.4, 0.5) is 0 Å². The first-order valence-corrected chi connectivity index (χ1v) is 9.13. The predicted octanol–water partition coefficient (Wildman–Crippen LogP) is 5.02. The molecule has 0 N–H and O–H groups in total. The maximum atomic E-state index is 6.09. The van der Waals surface area contributed by atoms with Gasteiger partial charge in [0, 0.05) is 12.0 Å². The van der Waals surface area contributed by atoms with Gasteiger partial charge in [-0.2, -0.15) is 0 Å². The fraction of sp³-hybridized carbons (Fsp3) is 0.800. The lowest BCUT2D eigenvalue weighted by Gasteiger charge is -2.32. The molecular weight excluding hydrogens is 288 g/mol. The van der Waals surface area contributed by atoms with Crippen molar-refractivity contribution in [1.82, 2.24) is 0 Å². The van der Waals surface area contributed by atoms with E-state index in [1.165, 1.54) is 25.7 Å². The average Bonchev–Trinajstić information content (AvgIpc) is 2.57. The van der Waals surface area contributed by atoms with Crippen LogP contribution in [0.15, 0.2) is 25.3 Å². The third kappa shape index (κ3) is 10.7. The molecule has 0 aromatic heterocycles. The Morgan fingerprint density at radius 3 is 1.91 bits per heavy atom. The SMILES string of the molecule is C=CCOCC(CC)(COCC=C)COCC(CC)CCCC. The summed E-state index contributed by atoms with van der Waals surface area (Å²) in [4.78, 5) is 0. The van der Waals surface area contributed by atoms with E-state index in [1.54, 1.807) is 12.2 Å². The monoisotopic (exact) mass is 326 g/mol. The van der Waals surface area contributed by atoms with Crippen molar-refractivity contribution in [3.63, 3.8) is 0 Å². The Labute approximate surface area is 144 Å². The molecule has 0 saturated carbocycles.